The average molecular weight is 260 g/mol. The third kappa shape index (κ3) is 3.80. The summed E-state index contributed by atoms with van der Waals surface area (Å²) in [7, 11) is 0. The second kappa shape index (κ2) is 6.34. The van der Waals surface area contributed by atoms with Gasteiger partial charge in [0.1, 0.15) is 11.6 Å². The smallest absolute Gasteiger partial charge is 0.123 e. The maximum Gasteiger partial charge on any atom is 0.123 e. The van der Waals surface area contributed by atoms with Crippen molar-refractivity contribution >= 4 is 0 Å². The zero-order valence-electron chi connectivity index (χ0n) is 10.8. The summed E-state index contributed by atoms with van der Waals surface area (Å²) in [6, 6.07) is 14.3. The predicted octanol–water partition coefficient (Wildman–Crippen LogP) is 3.26. The molecule has 0 saturated heterocycles. The van der Waals surface area contributed by atoms with E-state index >= 15 is 0 Å². The summed E-state index contributed by atoms with van der Waals surface area (Å²) in [5.41, 5.74) is 0. The molecule has 0 amide bonds. The van der Waals surface area contributed by atoms with Crippen LogP contribution in [0.5, 0.6) is 5.75 Å². The molecule has 2 aliphatic rings. The number of aliphatic hydroxyl groups is 1. The monoisotopic (exact) mass is 260 g/mol. The molecule has 0 heterocycles. The Morgan fingerprint density at radius 3 is 1.89 bits per heavy atom. The zero-order valence-corrected chi connectivity index (χ0v) is 10.8. The van der Waals surface area contributed by atoms with Crippen molar-refractivity contribution in [2.24, 2.45) is 0 Å². The Labute approximate surface area is 111 Å². The van der Waals surface area contributed by atoms with Gasteiger partial charge in [0.2, 0.25) is 0 Å². The Balaban J connectivity index is 0.000000180. The molecular formula is C16H17FO2. The summed E-state index contributed by atoms with van der Waals surface area (Å²) in [5, 5.41) is 11.5. The first kappa shape index (κ1) is 13.6. The number of halogens is 1. The molecule has 2 aliphatic carbocycles. The van der Waals surface area contributed by atoms with Gasteiger partial charge < -0.3 is 9.84 Å². The minimum absolute atomic E-state index is 0.0459. The second-order valence-electron chi connectivity index (χ2n) is 4.47. The Bertz CT molecular complexity index is 557. The van der Waals surface area contributed by atoms with Gasteiger partial charge in [-0.3, -0.25) is 0 Å². The standard InChI is InChI=1S/C10H13FO2.C6H4/c1-8(6-7-12)13-10-4-2-9(11)3-5-10;1-2-6-4-3-5(1)6/h2-5,8,12H,6-7H2,1H3;1-4H. The molecule has 1 atom stereocenters. The van der Waals surface area contributed by atoms with Crippen LogP contribution in [-0.2, 0) is 0 Å². The summed E-state index contributed by atoms with van der Waals surface area (Å²) in [4.78, 5) is 0. The van der Waals surface area contributed by atoms with Crippen molar-refractivity contribution in [1.82, 2.24) is 0 Å². The lowest BCUT2D eigenvalue weighted by Gasteiger charge is -2.12. The third-order valence-corrected chi connectivity index (χ3v) is 2.90. The summed E-state index contributed by atoms with van der Waals surface area (Å²) >= 11 is 0. The molecule has 1 unspecified atom stereocenters. The highest BCUT2D eigenvalue weighted by atomic mass is 19.1. The quantitative estimate of drug-likeness (QED) is 0.780. The highest BCUT2D eigenvalue weighted by molar-refractivity contribution is 5.23. The molecule has 3 heteroatoms. The van der Waals surface area contributed by atoms with Crippen LogP contribution in [0.25, 0.3) is 0 Å². The van der Waals surface area contributed by atoms with Crippen molar-refractivity contribution in [2.75, 3.05) is 6.61 Å². The van der Waals surface area contributed by atoms with Crippen molar-refractivity contribution < 1.29 is 14.2 Å². The van der Waals surface area contributed by atoms with Crippen LogP contribution in [0.3, 0.4) is 0 Å². The van der Waals surface area contributed by atoms with Crippen molar-refractivity contribution in [1.29, 1.82) is 0 Å². The predicted molar refractivity (Wildman–Crippen MR) is 72.3 cm³/mol. The Morgan fingerprint density at radius 2 is 1.53 bits per heavy atom. The maximum absolute atomic E-state index is 12.5. The molecule has 2 nitrogen and oxygen atoms in total. The zero-order chi connectivity index (χ0) is 13.7. The van der Waals surface area contributed by atoms with Gasteiger partial charge in [0.05, 0.1) is 6.10 Å². The summed E-state index contributed by atoms with van der Waals surface area (Å²) < 4.78 is 17.9. The van der Waals surface area contributed by atoms with Crippen molar-refractivity contribution in [3.8, 4) is 5.75 Å². The van der Waals surface area contributed by atoms with Gasteiger partial charge in [-0.1, -0.05) is 24.3 Å². The van der Waals surface area contributed by atoms with Crippen LogP contribution >= 0.6 is 0 Å². The highest BCUT2D eigenvalue weighted by Gasteiger charge is 2.02. The van der Waals surface area contributed by atoms with Gasteiger partial charge in [0.15, 0.2) is 0 Å². The van der Waals surface area contributed by atoms with Gasteiger partial charge in [-0.25, -0.2) is 4.39 Å². The number of rotatable bonds is 4. The van der Waals surface area contributed by atoms with E-state index in [9.17, 15) is 4.39 Å². The lowest BCUT2D eigenvalue weighted by Crippen LogP contribution is -2.13. The van der Waals surface area contributed by atoms with Crippen LogP contribution in [0, 0.1) is 16.3 Å². The molecule has 1 aromatic rings. The first-order valence-electron chi connectivity index (χ1n) is 6.32. The fraction of sp³-hybridized carbons (Fsp3) is 0.250. The highest BCUT2D eigenvalue weighted by Crippen LogP contribution is 2.13. The molecule has 0 bridgehead atoms. The van der Waals surface area contributed by atoms with E-state index in [1.165, 1.54) is 22.6 Å². The lowest BCUT2D eigenvalue weighted by molar-refractivity contribution is 0.168. The van der Waals surface area contributed by atoms with Crippen LogP contribution in [0.4, 0.5) is 4.39 Å². The Kier molecular flexibility index (Phi) is 4.53. The first-order valence-corrected chi connectivity index (χ1v) is 6.32. The molecule has 3 rings (SSSR count). The molecule has 0 aromatic heterocycles. The van der Waals surface area contributed by atoms with E-state index in [4.69, 9.17) is 9.84 Å². The molecule has 100 valence electrons. The number of hydrogen-bond donors (Lipinski definition) is 1. The molecule has 0 aliphatic heterocycles. The van der Waals surface area contributed by atoms with Crippen molar-refractivity contribution in [3.63, 3.8) is 0 Å². The first-order chi connectivity index (χ1) is 9.19. The van der Waals surface area contributed by atoms with E-state index in [0.29, 0.717) is 12.2 Å². The van der Waals surface area contributed by atoms with Gasteiger partial charge in [-0.15, -0.1) is 0 Å². The van der Waals surface area contributed by atoms with Gasteiger partial charge >= 0.3 is 0 Å². The molecule has 0 radical (unpaired) electrons. The third-order valence-electron chi connectivity index (χ3n) is 2.90. The normalized spacial score (nSPS) is 12.2. The molecule has 0 spiro atoms. The summed E-state index contributed by atoms with van der Waals surface area (Å²) in [6.45, 7) is 1.96. The number of aliphatic hydroxyl groups excluding tert-OH is 1. The van der Waals surface area contributed by atoms with E-state index in [0.717, 1.165) is 0 Å². The van der Waals surface area contributed by atoms with Crippen molar-refractivity contribution in [2.45, 2.75) is 19.4 Å². The van der Waals surface area contributed by atoms with Gasteiger partial charge in [0, 0.05) is 13.0 Å². The molecule has 0 fully saturated rings. The fourth-order valence-electron chi connectivity index (χ4n) is 1.65. The van der Waals surface area contributed by atoms with E-state index in [2.05, 4.69) is 24.3 Å². The van der Waals surface area contributed by atoms with Gasteiger partial charge in [0.25, 0.3) is 0 Å². The van der Waals surface area contributed by atoms with Crippen LogP contribution in [0.1, 0.15) is 13.3 Å². The second-order valence-corrected chi connectivity index (χ2v) is 4.47. The van der Waals surface area contributed by atoms with Gasteiger partial charge in [-0.05, 0) is 41.6 Å². The van der Waals surface area contributed by atoms with Crippen LogP contribution in [0.15, 0.2) is 48.5 Å². The van der Waals surface area contributed by atoms with E-state index in [-0.39, 0.29) is 18.5 Å². The molecule has 1 N–H and O–H groups in total. The summed E-state index contributed by atoms with van der Waals surface area (Å²) in [6.07, 6.45) is 0.535. The Hall–Kier alpha value is -1.87. The molecule has 19 heavy (non-hydrogen) atoms. The minimum atomic E-state index is -0.276. The SMILES string of the molecule is CC(CCO)Oc1ccc(F)cc1.c1cc2ccc1=2. The maximum atomic E-state index is 12.5. The number of hydrogen-bond acceptors (Lipinski definition) is 2. The Morgan fingerprint density at radius 1 is 1.00 bits per heavy atom. The van der Waals surface area contributed by atoms with Gasteiger partial charge in [-0.2, -0.15) is 0 Å². The number of benzene rings is 2. The van der Waals surface area contributed by atoms with Crippen LogP contribution in [0.2, 0.25) is 0 Å². The van der Waals surface area contributed by atoms with E-state index in [1.807, 2.05) is 6.92 Å². The topological polar surface area (TPSA) is 29.5 Å². The summed E-state index contributed by atoms with van der Waals surface area (Å²) in [5.74, 6) is 0.351. The van der Waals surface area contributed by atoms with Crippen molar-refractivity contribution in [3.05, 3.63) is 64.8 Å². The molecule has 1 aromatic carbocycles. The molecule has 0 saturated carbocycles. The van der Waals surface area contributed by atoms with E-state index in [1.54, 1.807) is 12.1 Å². The lowest BCUT2D eigenvalue weighted by atomic mass is 10.1. The van der Waals surface area contributed by atoms with Crippen LogP contribution in [-0.4, -0.2) is 17.8 Å². The molecular weight excluding hydrogens is 243 g/mol. The minimum Gasteiger partial charge on any atom is -0.491 e. The van der Waals surface area contributed by atoms with Crippen LogP contribution < -0.4 is 4.74 Å². The fourth-order valence-corrected chi connectivity index (χ4v) is 1.65. The average Bonchev–Trinajstić information content (AvgIpc) is 2.38. The van der Waals surface area contributed by atoms with E-state index < -0.39 is 0 Å². The number of ether oxygens (including phenoxy) is 1. The largest absolute Gasteiger partial charge is 0.491 e.